The fourth-order valence-corrected chi connectivity index (χ4v) is 1.80. The normalized spacial score (nSPS) is 10.8. The molecule has 0 radical (unpaired) electrons. The van der Waals surface area contributed by atoms with E-state index < -0.39 is 16.1 Å². The summed E-state index contributed by atoms with van der Waals surface area (Å²) in [5.41, 5.74) is 1.12. The molecule has 0 aliphatic heterocycles. The highest BCUT2D eigenvalue weighted by atomic mass is 32.2. The van der Waals surface area contributed by atoms with Gasteiger partial charge in [-0.15, -0.1) is 0 Å². The third-order valence-electron chi connectivity index (χ3n) is 1.91. The van der Waals surface area contributed by atoms with Crippen molar-refractivity contribution in [3.8, 4) is 5.75 Å². The molecule has 7 heteroatoms. The van der Waals surface area contributed by atoms with E-state index in [-0.39, 0.29) is 0 Å². The number of sulfonamides is 1. The first-order valence-corrected chi connectivity index (χ1v) is 6.69. The van der Waals surface area contributed by atoms with E-state index in [0.717, 1.165) is 6.26 Å². The second kappa shape index (κ2) is 5.05. The summed E-state index contributed by atoms with van der Waals surface area (Å²) in [5, 5.41) is 2.31. The summed E-state index contributed by atoms with van der Waals surface area (Å²) in [6.45, 7) is 1.71. The average molecular weight is 258 g/mol. The predicted octanol–water partition coefficient (Wildman–Crippen LogP) is 1.08. The van der Waals surface area contributed by atoms with Gasteiger partial charge in [0.2, 0.25) is 10.0 Å². The lowest BCUT2D eigenvalue weighted by Crippen LogP contribution is -2.22. The lowest BCUT2D eigenvalue weighted by molar-refractivity contribution is 0.203. The molecule has 0 saturated heterocycles. The number of aryl methyl sites for hydroxylation is 1. The van der Waals surface area contributed by atoms with Crippen molar-refractivity contribution in [2.24, 2.45) is 0 Å². The maximum absolute atomic E-state index is 11.1. The molecule has 0 fully saturated rings. The predicted molar refractivity (Wildman–Crippen MR) is 64.7 cm³/mol. The van der Waals surface area contributed by atoms with Gasteiger partial charge in [0.1, 0.15) is 5.75 Å². The summed E-state index contributed by atoms with van der Waals surface area (Å²) in [7, 11) is -1.86. The zero-order chi connectivity index (χ0) is 13.1. The second-order valence-corrected chi connectivity index (χ2v) is 5.24. The fraction of sp³-hybridized carbons (Fsp3) is 0.300. The molecule has 0 unspecified atom stereocenters. The first-order valence-electron chi connectivity index (χ1n) is 4.80. The molecule has 1 rings (SSSR count). The quantitative estimate of drug-likeness (QED) is 0.849. The molecule has 1 aromatic rings. The first-order chi connectivity index (χ1) is 7.81. The van der Waals surface area contributed by atoms with Crippen LogP contribution in [0.25, 0.3) is 0 Å². The van der Waals surface area contributed by atoms with E-state index in [1.165, 1.54) is 19.2 Å². The van der Waals surface area contributed by atoms with Crippen molar-refractivity contribution in [2.75, 3.05) is 18.0 Å². The SMILES string of the molecule is CNC(=O)Oc1ccc(NS(C)(=O)=O)c(C)c1. The van der Waals surface area contributed by atoms with Crippen molar-refractivity contribution in [1.29, 1.82) is 0 Å². The number of ether oxygens (including phenoxy) is 1. The summed E-state index contributed by atoms with van der Waals surface area (Å²) in [5.74, 6) is 0.348. The van der Waals surface area contributed by atoms with Gasteiger partial charge in [-0.1, -0.05) is 0 Å². The van der Waals surface area contributed by atoms with Crippen LogP contribution in [0.1, 0.15) is 5.56 Å². The third-order valence-corrected chi connectivity index (χ3v) is 2.50. The van der Waals surface area contributed by atoms with E-state index in [0.29, 0.717) is 17.0 Å². The van der Waals surface area contributed by atoms with Gasteiger partial charge < -0.3 is 10.1 Å². The Morgan fingerprint density at radius 3 is 2.47 bits per heavy atom. The Labute approximate surface area is 100 Å². The Kier molecular flexibility index (Phi) is 3.95. The molecular formula is C10H14N2O4S. The summed E-state index contributed by atoms with van der Waals surface area (Å²) in [6, 6.07) is 4.62. The van der Waals surface area contributed by atoms with E-state index in [4.69, 9.17) is 4.74 Å². The highest BCUT2D eigenvalue weighted by molar-refractivity contribution is 7.92. The van der Waals surface area contributed by atoms with Crippen LogP contribution in [0.2, 0.25) is 0 Å². The van der Waals surface area contributed by atoms with Crippen LogP contribution in [0.3, 0.4) is 0 Å². The summed E-state index contributed by atoms with van der Waals surface area (Å²) >= 11 is 0. The largest absolute Gasteiger partial charge is 0.412 e. The molecular weight excluding hydrogens is 244 g/mol. The second-order valence-electron chi connectivity index (χ2n) is 3.49. The van der Waals surface area contributed by atoms with Crippen molar-refractivity contribution in [3.05, 3.63) is 23.8 Å². The fourth-order valence-electron chi connectivity index (χ4n) is 1.17. The van der Waals surface area contributed by atoms with Crippen LogP contribution in [-0.4, -0.2) is 27.8 Å². The number of carbonyl (C=O) groups excluding carboxylic acids is 1. The number of hydrogen-bond donors (Lipinski definition) is 2. The van der Waals surface area contributed by atoms with E-state index in [1.807, 2.05) is 0 Å². The molecule has 0 aromatic heterocycles. The summed E-state index contributed by atoms with van der Waals surface area (Å²) in [6.07, 6.45) is 0.495. The van der Waals surface area contributed by atoms with E-state index in [1.54, 1.807) is 13.0 Å². The number of benzene rings is 1. The number of amides is 1. The van der Waals surface area contributed by atoms with Gasteiger partial charge in [-0.3, -0.25) is 4.72 Å². The van der Waals surface area contributed by atoms with Gasteiger partial charge in [-0.25, -0.2) is 13.2 Å². The van der Waals surface area contributed by atoms with Gasteiger partial charge in [0.15, 0.2) is 0 Å². The Morgan fingerprint density at radius 2 is 2.00 bits per heavy atom. The maximum Gasteiger partial charge on any atom is 0.412 e. The molecule has 6 nitrogen and oxygen atoms in total. The van der Waals surface area contributed by atoms with Crippen molar-refractivity contribution >= 4 is 21.8 Å². The van der Waals surface area contributed by atoms with Crippen molar-refractivity contribution in [1.82, 2.24) is 5.32 Å². The zero-order valence-corrected chi connectivity index (χ0v) is 10.6. The number of rotatable bonds is 3. The molecule has 0 saturated carbocycles. The standard InChI is InChI=1S/C10H14N2O4S/c1-7-6-8(16-10(13)11-2)4-5-9(7)12-17(3,14)15/h4-6,12H,1-3H3,(H,11,13). The molecule has 2 N–H and O–H groups in total. The Hall–Kier alpha value is -1.76. The van der Waals surface area contributed by atoms with Crippen LogP contribution < -0.4 is 14.8 Å². The van der Waals surface area contributed by atoms with Gasteiger partial charge in [-0.05, 0) is 30.7 Å². The highest BCUT2D eigenvalue weighted by Gasteiger charge is 2.07. The Morgan fingerprint density at radius 1 is 1.35 bits per heavy atom. The molecule has 17 heavy (non-hydrogen) atoms. The monoisotopic (exact) mass is 258 g/mol. The number of anilines is 1. The molecule has 0 bridgehead atoms. The molecule has 1 aromatic carbocycles. The average Bonchev–Trinajstić information content (AvgIpc) is 2.20. The van der Waals surface area contributed by atoms with Crippen LogP contribution in [0, 0.1) is 6.92 Å². The van der Waals surface area contributed by atoms with Crippen LogP contribution in [-0.2, 0) is 10.0 Å². The van der Waals surface area contributed by atoms with E-state index in [2.05, 4.69) is 10.0 Å². The van der Waals surface area contributed by atoms with E-state index >= 15 is 0 Å². The van der Waals surface area contributed by atoms with Gasteiger partial charge in [0, 0.05) is 7.05 Å². The van der Waals surface area contributed by atoms with Crippen molar-refractivity contribution < 1.29 is 17.9 Å². The van der Waals surface area contributed by atoms with Gasteiger partial charge in [0.25, 0.3) is 0 Å². The smallest absolute Gasteiger partial charge is 0.410 e. The van der Waals surface area contributed by atoms with Crippen LogP contribution >= 0.6 is 0 Å². The van der Waals surface area contributed by atoms with Gasteiger partial charge >= 0.3 is 6.09 Å². The lowest BCUT2D eigenvalue weighted by atomic mass is 10.2. The number of carbonyl (C=O) groups is 1. The van der Waals surface area contributed by atoms with E-state index in [9.17, 15) is 13.2 Å². The molecule has 0 heterocycles. The first kappa shape index (κ1) is 13.3. The Bertz CT molecular complexity index is 525. The minimum atomic E-state index is -3.31. The van der Waals surface area contributed by atoms with Crippen LogP contribution in [0.4, 0.5) is 10.5 Å². The van der Waals surface area contributed by atoms with Crippen LogP contribution in [0.15, 0.2) is 18.2 Å². The van der Waals surface area contributed by atoms with Gasteiger partial charge in [0.05, 0.1) is 11.9 Å². The van der Waals surface area contributed by atoms with Crippen LogP contribution in [0.5, 0.6) is 5.75 Å². The molecule has 1 amide bonds. The lowest BCUT2D eigenvalue weighted by Gasteiger charge is -2.09. The highest BCUT2D eigenvalue weighted by Crippen LogP contribution is 2.22. The minimum absolute atomic E-state index is 0.348. The van der Waals surface area contributed by atoms with Crippen molar-refractivity contribution in [3.63, 3.8) is 0 Å². The number of nitrogens with one attached hydrogen (secondary N) is 2. The molecule has 0 aliphatic carbocycles. The Balaban J connectivity index is 2.90. The molecule has 0 atom stereocenters. The minimum Gasteiger partial charge on any atom is -0.410 e. The van der Waals surface area contributed by atoms with Gasteiger partial charge in [-0.2, -0.15) is 0 Å². The van der Waals surface area contributed by atoms with Crippen molar-refractivity contribution in [2.45, 2.75) is 6.92 Å². The molecule has 94 valence electrons. The maximum atomic E-state index is 11.1. The number of hydrogen-bond acceptors (Lipinski definition) is 4. The molecule has 0 spiro atoms. The zero-order valence-electron chi connectivity index (χ0n) is 9.77. The third kappa shape index (κ3) is 4.31. The summed E-state index contributed by atoms with van der Waals surface area (Å²) < 4.78 is 29.4. The topological polar surface area (TPSA) is 84.5 Å². The molecule has 0 aliphatic rings. The summed E-state index contributed by atoms with van der Waals surface area (Å²) in [4.78, 5) is 11.0.